The van der Waals surface area contributed by atoms with E-state index in [9.17, 15) is 5.11 Å². The highest BCUT2D eigenvalue weighted by atomic mass is 16.5. The largest absolute Gasteiger partial charge is 0.481 e. The highest BCUT2D eigenvalue weighted by Gasteiger charge is 2.23. The van der Waals surface area contributed by atoms with Gasteiger partial charge in [-0.2, -0.15) is 0 Å². The van der Waals surface area contributed by atoms with E-state index in [1.54, 1.807) is 19.4 Å². The molecule has 1 atom stereocenters. The molecular formula is C15H15NO3. The molecule has 0 amide bonds. The maximum atomic E-state index is 9.86. The van der Waals surface area contributed by atoms with E-state index in [1.807, 2.05) is 24.3 Å². The van der Waals surface area contributed by atoms with Crippen molar-refractivity contribution in [3.8, 4) is 17.4 Å². The molecule has 4 nitrogen and oxygen atoms in total. The summed E-state index contributed by atoms with van der Waals surface area (Å²) in [5.41, 5.74) is 2.06. The average Bonchev–Trinajstić information content (AvgIpc) is 2.83. The Hall–Kier alpha value is -2.07. The number of aliphatic hydroxyl groups excluding tert-OH is 1. The van der Waals surface area contributed by atoms with Crippen LogP contribution in [0.2, 0.25) is 0 Å². The van der Waals surface area contributed by atoms with Crippen molar-refractivity contribution in [1.82, 2.24) is 4.98 Å². The third kappa shape index (κ3) is 2.27. The van der Waals surface area contributed by atoms with Crippen LogP contribution < -0.4 is 9.47 Å². The van der Waals surface area contributed by atoms with Crippen LogP contribution in [0.5, 0.6) is 17.4 Å². The van der Waals surface area contributed by atoms with Gasteiger partial charge >= 0.3 is 0 Å². The van der Waals surface area contributed by atoms with Crippen LogP contribution in [0.25, 0.3) is 0 Å². The van der Waals surface area contributed by atoms with E-state index in [-0.39, 0.29) is 6.10 Å². The molecule has 2 aromatic rings. The maximum absolute atomic E-state index is 9.86. The van der Waals surface area contributed by atoms with Gasteiger partial charge in [-0.05, 0) is 30.5 Å². The van der Waals surface area contributed by atoms with Crippen molar-refractivity contribution in [2.45, 2.75) is 18.9 Å². The second-order valence-corrected chi connectivity index (χ2v) is 4.52. The number of hydrogen-bond donors (Lipinski definition) is 1. The molecule has 1 heterocycles. The highest BCUT2D eigenvalue weighted by molar-refractivity contribution is 5.46. The van der Waals surface area contributed by atoms with Crippen molar-refractivity contribution in [1.29, 1.82) is 0 Å². The third-order valence-electron chi connectivity index (χ3n) is 3.34. The van der Waals surface area contributed by atoms with Crippen LogP contribution in [-0.2, 0) is 6.42 Å². The molecule has 1 aromatic carbocycles. The van der Waals surface area contributed by atoms with Gasteiger partial charge in [0.2, 0.25) is 5.88 Å². The van der Waals surface area contributed by atoms with Crippen LogP contribution in [0.1, 0.15) is 23.7 Å². The van der Waals surface area contributed by atoms with E-state index in [1.165, 1.54) is 0 Å². The Morgan fingerprint density at radius 1 is 1.26 bits per heavy atom. The normalized spacial score (nSPS) is 17.1. The third-order valence-corrected chi connectivity index (χ3v) is 3.34. The minimum Gasteiger partial charge on any atom is -0.481 e. The van der Waals surface area contributed by atoms with E-state index < -0.39 is 0 Å². The number of aromatic nitrogens is 1. The first-order valence-corrected chi connectivity index (χ1v) is 6.25. The van der Waals surface area contributed by atoms with Crippen molar-refractivity contribution in [2.75, 3.05) is 7.11 Å². The number of methoxy groups -OCH3 is 1. The summed E-state index contributed by atoms with van der Waals surface area (Å²) in [5.74, 6) is 2.01. The Balaban J connectivity index is 1.87. The standard InChI is InChI=1S/C15H15NO3/c1-18-15-8-5-10(9-16-15)19-14-4-2-3-11-12(14)6-7-13(11)17/h2-5,8-9,13,17H,6-7H2,1H3/t13-/m0/s1. The number of pyridine rings is 1. The zero-order valence-corrected chi connectivity index (χ0v) is 10.7. The van der Waals surface area contributed by atoms with Crippen molar-refractivity contribution in [2.24, 2.45) is 0 Å². The molecule has 0 spiro atoms. The molecule has 98 valence electrons. The van der Waals surface area contributed by atoms with Gasteiger partial charge in [-0.25, -0.2) is 4.98 Å². The lowest BCUT2D eigenvalue weighted by molar-refractivity contribution is 0.180. The fourth-order valence-electron chi connectivity index (χ4n) is 2.37. The topological polar surface area (TPSA) is 51.6 Å². The molecule has 1 aliphatic rings. The number of nitrogens with zero attached hydrogens (tertiary/aromatic N) is 1. The highest BCUT2D eigenvalue weighted by Crippen LogP contribution is 2.38. The predicted octanol–water partition coefficient (Wildman–Crippen LogP) is 2.86. The Bertz CT molecular complexity index is 580. The van der Waals surface area contributed by atoms with Gasteiger partial charge in [0, 0.05) is 11.6 Å². The zero-order chi connectivity index (χ0) is 13.2. The van der Waals surface area contributed by atoms with Crippen molar-refractivity contribution in [3.05, 3.63) is 47.7 Å². The lowest BCUT2D eigenvalue weighted by Crippen LogP contribution is -1.93. The van der Waals surface area contributed by atoms with Crippen molar-refractivity contribution >= 4 is 0 Å². The fourth-order valence-corrected chi connectivity index (χ4v) is 2.37. The molecule has 1 N–H and O–H groups in total. The van der Waals surface area contributed by atoms with Gasteiger partial charge in [0.05, 0.1) is 19.4 Å². The van der Waals surface area contributed by atoms with E-state index in [0.717, 1.165) is 29.7 Å². The van der Waals surface area contributed by atoms with E-state index >= 15 is 0 Å². The molecule has 0 aliphatic heterocycles. The first-order chi connectivity index (χ1) is 9.28. The second kappa shape index (κ2) is 4.90. The second-order valence-electron chi connectivity index (χ2n) is 4.52. The summed E-state index contributed by atoms with van der Waals surface area (Å²) in [4.78, 5) is 4.11. The Morgan fingerprint density at radius 3 is 2.89 bits per heavy atom. The minimum atomic E-state index is -0.368. The Morgan fingerprint density at radius 2 is 2.16 bits per heavy atom. The van der Waals surface area contributed by atoms with Crippen LogP contribution in [-0.4, -0.2) is 17.2 Å². The number of ether oxygens (including phenoxy) is 2. The molecule has 0 saturated carbocycles. The van der Waals surface area contributed by atoms with E-state index in [0.29, 0.717) is 11.6 Å². The number of benzene rings is 1. The Kier molecular flexibility index (Phi) is 3.09. The average molecular weight is 257 g/mol. The lowest BCUT2D eigenvalue weighted by atomic mass is 10.1. The number of fused-ring (bicyclic) bond motifs is 1. The monoisotopic (exact) mass is 257 g/mol. The SMILES string of the molecule is COc1ccc(Oc2cccc3c2CC[C@@H]3O)cn1. The summed E-state index contributed by atoms with van der Waals surface area (Å²) in [6, 6.07) is 9.34. The quantitative estimate of drug-likeness (QED) is 0.918. The zero-order valence-electron chi connectivity index (χ0n) is 10.7. The van der Waals surface area contributed by atoms with Crippen molar-refractivity contribution < 1.29 is 14.6 Å². The van der Waals surface area contributed by atoms with Gasteiger partial charge < -0.3 is 14.6 Å². The van der Waals surface area contributed by atoms with Gasteiger partial charge in [-0.15, -0.1) is 0 Å². The molecule has 1 aromatic heterocycles. The van der Waals surface area contributed by atoms with Gasteiger partial charge in [-0.1, -0.05) is 12.1 Å². The predicted molar refractivity (Wildman–Crippen MR) is 70.6 cm³/mol. The van der Waals surface area contributed by atoms with Gasteiger partial charge in [-0.3, -0.25) is 0 Å². The molecule has 1 aliphatic carbocycles. The summed E-state index contributed by atoms with van der Waals surface area (Å²) >= 11 is 0. The molecule has 0 unspecified atom stereocenters. The Labute approximate surface area is 111 Å². The summed E-state index contributed by atoms with van der Waals surface area (Å²) in [7, 11) is 1.58. The molecule has 4 heteroatoms. The van der Waals surface area contributed by atoms with Gasteiger partial charge in [0.1, 0.15) is 11.5 Å². The number of aliphatic hydroxyl groups is 1. The summed E-state index contributed by atoms with van der Waals surface area (Å²) in [6.07, 6.45) is 2.86. The van der Waals surface area contributed by atoms with Crippen LogP contribution in [0, 0.1) is 0 Å². The molecule has 0 fully saturated rings. The van der Waals surface area contributed by atoms with Gasteiger partial charge in [0.15, 0.2) is 0 Å². The van der Waals surface area contributed by atoms with Crippen LogP contribution in [0.3, 0.4) is 0 Å². The number of rotatable bonds is 3. The van der Waals surface area contributed by atoms with Crippen LogP contribution in [0.4, 0.5) is 0 Å². The molecule has 19 heavy (non-hydrogen) atoms. The summed E-state index contributed by atoms with van der Waals surface area (Å²) < 4.78 is 10.8. The van der Waals surface area contributed by atoms with Gasteiger partial charge in [0.25, 0.3) is 0 Å². The lowest BCUT2D eigenvalue weighted by Gasteiger charge is -2.11. The first kappa shape index (κ1) is 12.0. The summed E-state index contributed by atoms with van der Waals surface area (Å²) in [5, 5.41) is 9.86. The molecule has 0 radical (unpaired) electrons. The number of hydrogen-bond acceptors (Lipinski definition) is 4. The van der Waals surface area contributed by atoms with Crippen LogP contribution >= 0.6 is 0 Å². The van der Waals surface area contributed by atoms with E-state index in [2.05, 4.69) is 4.98 Å². The molecule has 0 bridgehead atoms. The molecular weight excluding hydrogens is 242 g/mol. The van der Waals surface area contributed by atoms with Crippen LogP contribution in [0.15, 0.2) is 36.5 Å². The van der Waals surface area contributed by atoms with E-state index in [4.69, 9.17) is 9.47 Å². The van der Waals surface area contributed by atoms with Crippen molar-refractivity contribution in [3.63, 3.8) is 0 Å². The summed E-state index contributed by atoms with van der Waals surface area (Å²) in [6.45, 7) is 0. The molecule has 0 saturated heterocycles. The smallest absolute Gasteiger partial charge is 0.213 e. The first-order valence-electron chi connectivity index (χ1n) is 6.25. The maximum Gasteiger partial charge on any atom is 0.213 e. The minimum absolute atomic E-state index is 0.368. The molecule has 3 rings (SSSR count). The fraction of sp³-hybridized carbons (Fsp3) is 0.267.